The molecular weight excluding hydrogens is 298 g/mol. The Kier molecular flexibility index (Phi) is 3.46. The maximum atomic E-state index is 12.3. The van der Waals surface area contributed by atoms with Gasteiger partial charge in [0.25, 0.3) is 5.91 Å². The molecule has 9 nitrogen and oxygen atoms in total. The molecule has 0 saturated carbocycles. The Morgan fingerprint density at radius 2 is 2.43 bits per heavy atom. The average molecular weight is 313 g/mol. The van der Waals surface area contributed by atoms with Crippen molar-refractivity contribution < 1.29 is 9.53 Å². The summed E-state index contributed by atoms with van der Waals surface area (Å²) in [6.07, 6.45) is 5.86. The zero-order valence-electron chi connectivity index (χ0n) is 12.3. The monoisotopic (exact) mass is 313 g/mol. The van der Waals surface area contributed by atoms with Crippen molar-refractivity contribution in [2.24, 2.45) is 5.92 Å². The van der Waals surface area contributed by atoms with Crippen LogP contribution in [0.4, 0.5) is 5.69 Å². The van der Waals surface area contributed by atoms with Crippen molar-refractivity contribution in [3.8, 4) is 0 Å². The smallest absolute Gasteiger partial charge is 0.277 e. The van der Waals surface area contributed by atoms with Crippen LogP contribution in [0.2, 0.25) is 0 Å². The van der Waals surface area contributed by atoms with Crippen molar-refractivity contribution in [1.29, 1.82) is 0 Å². The number of amides is 1. The van der Waals surface area contributed by atoms with Gasteiger partial charge in [0, 0.05) is 25.3 Å². The minimum atomic E-state index is -0.324. The first-order valence-electron chi connectivity index (χ1n) is 7.37. The van der Waals surface area contributed by atoms with E-state index in [1.165, 1.54) is 6.33 Å². The highest BCUT2D eigenvalue weighted by atomic mass is 16.5. The van der Waals surface area contributed by atoms with Crippen molar-refractivity contribution in [3.63, 3.8) is 0 Å². The highest BCUT2D eigenvalue weighted by Gasteiger charge is 2.18. The van der Waals surface area contributed by atoms with Gasteiger partial charge in [-0.2, -0.15) is 5.10 Å². The van der Waals surface area contributed by atoms with Crippen LogP contribution in [-0.2, 0) is 11.3 Å². The molecule has 4 heterocycles. The number of ether oxygens (including phenoxy) is 1. The second-order valence-electron chi connectivity index (χ2n) is 5.46. The number of fused-ring (bicyclic) bond motifs is 1. The van der Waals surface area contributed by atoms with Gasteiger partial charge in [0.15, 0.2) is 11.3 Å². The van der Waals surface area contributed by atoms with Gasteiger partial charge in [-0.15, -0.1) is 5.10 Å². The minimum absolute atomic E-state index is 0.269. The second kappa shape index (κ2) is 5.76. The van der Waals surface area contributed by atoms with Crippen LogP contribution >= 0.6 is 0 Å². The van der Waals surface area contributed by atoms with Crippen LogP contribution in [0.15, 0.2) is 30.9 Å². The number of aromatic nitrogens is 6. The highest BCUT2D eigenvalue weighted by molar-refractivity contribution is 6.04. The SMILES string of the molecule is O=C(Nc1cccn2ncnc12)c1cn(CC2CCOC2)nn1. The van der Waals surface area contributed by atoms with Crippen LogP contribution in [0, 0.1) is 5.92 Å². The van der Waals surface area contributed by atoms with E-state index in [2.05, 4.69) is 25.7 Å². The number of nitrogens with zero attached hydrogens (tertiary/aromatic N) is 6. The number of pyridine rings is 1. The maximum absolute atomic E-state index is 12.3. The van der Waals surface area contributed by atoms with Crippen LogP contribution in [0.25, 0.3) is 5.65 Å². The zero-order chi connectivity index (χ0) is 15.6. The quantitative estimate of drug-likeness (QED) is 0.757. The summed E-state index contributed by atoms with van der Waals surface area (Å²) in [5, 5.41) is 14.8. The highest BCUT2D eigenvalue weighted by Crippen LogP contribution is 2.16. The molecule has 4 rings (SSSR count). The van der Waals surface area contributed by atoms with Gasteiger partial charge < -0.3 is 10.1 Å². The van der Waals surface area contributed by atoms with Gasteiger partial charge in [-0.25, -0.2) is 9.50 Å². The topological polar surface area (TPSA) is 99.2 Å². The Bertz CT molecular complexity index is 834. The van der Waals surface area contributed by atoms with Crippen LogP contribution < -0.4 is 5.32 Å². The molecule has 1 aliphatic heterocycles. The zero-order valence-corrected chi connectivity index (χ0v) is 12.3. The molecule has 1 atom stereocenters. The lowest BCUT2D eigenvalue weighted by molar-refractivity contribution is 0.102. The number of rotatable bonds is 4. The van der Waals surface area contributed by atoms with Crippen molar-refractivity contribution in [2.45, 2.75) is 13.0 Å². The minimum Gasteiger partial charge on any atom is -0.381 e. The Morgan fingerprint density at radius 1 is 1.48 bits per heavy atom. The Hall–Kier alpha value is -2.81. The summed E-state index contributed by atoms with van der Waals surface area (Å²) >= 11 is 0. The molecule has 1 saturated heterocycles. The predicted molar refractivity (Wildman–Crippen MR) is 79.9 cm³/mol. The fraction of sp³-hybridized carbons (Fsp3) is 0.357. The van der Waals surface area contributed by atoms with Crippen molar-refractivity contribution in [3.05, 3.63) is 36.5 Å². The van der Waals surface area contributed by atoms with Gasteiger partial charge in [-0.1, -0.05) is 5.21 Å². The summed E-state index contributed by atoms with van der Waals surface area (Å²) in [4.78, 5) is 16.4. The molecule has 1 N–H and O–H groups in total. The molecule has 1 fully saturated rings. The third-order valence-corrected chi connectivity index (χ3v) is 3.79. The molecule has 9 heteroatoms. The predicted octanol–water partition coefficient (Wildman–Crippen LogP) is 0.610. The fourth-order valence-electron chi connectivity index (χ4n) is 2.61. The number of carbonyl (C=O) groups is 1. The molecule has 0 radical (unpaired) electrons. The number of anilines is 1. The van der Waals surface area contributed by atoms with E-state index in [9.17, 15) is 4.79 Å². The summed E-state index contributed by atoms with van der Waals surface area (Å²) in [5.74, 6) is 0.104. The van der Waals surface area contributed by atoms with Gasteiger partial charge in [-0.05, 0) is 18.6 Å². The summed E-state index contributed by atoms with van der Waals surface area (Å²) in [6.45, 7) is 2.23. The molecule has 3 aromatic heterocycles. The summed E-state index contributed by atoms with van der Waals surface area (Å²) in [7, 11) is 0. The summed E-state index contributed by atoms with van der Waals surface area (Å²) in [5.41, 5.74) is 1.43. The molecule has 118 valence electrons. The molecule has 1 aliphatic rings. The van der Waals surface area contributed by atoms with Gasteiger partial charge in [0.1, 0.15) is 6.33 Å². The normalized spacial score (nSPS) is 17.7. The molecule has 0 aromatic carbocycles. The molecule has 0 aliphatic carbocycles. The number of hydrogen-bond acceptors (Lipinski definition) is 6. The first-order valence-corrected chi connectivity index (χ1v) is 7.37. The maximum Gasteiger partial charge on any atom is 0.277 e. The van der Waals surface area contributed by atoms with E-state index in [0.717, 1.165) is 19.6 Å². The third-order valence-electron chi connectivity index (χ3n) is 3.79. The van der Waals surface area contributed by atoms with Crippen molar-refractivity contribution >= 4 is 17.2 Å². The van der Waals surface area contributed by atoms with Gasteiger partial charge in [0.05, 0.1) is 18.5 Å². The van der Waals surface area contributed by atoms with Crippen LogP contribution in [0.5, 0.6) is 0 Å². The van der Waals surface area contributed by atoms with E-state index in [-0.39, 0.29) is 11.6 Å². The molecule has 0 bridgehead atoms. The number of nitrogens with one attached hydrogen (secondary N) is 1. The lowest BCUT2D eigenvalue weighted by Gasteiger charge is -2.05. The Labute approximate surface area is 131 Å². The number of carbonyl (C=O) groups excluding carboxylic acids is 1. The fourth-order valence-corrected chi connectivity index (χ4v) is 2.61. The first-order chi connectivity index (χ1) is 11.3. The van der Waals surface area contributed by atoms with E-state index < -0.39 is 0 Å². The third kappa shape index (κ3) is 2.78. The molecule has 1 amide bonds. The molecule has 1 unspecified atom stereocenters. The van der Waals surface area contributed by atoms with E-state index >= 15 is 0 Å². The Balaban J connectivity index is 1.48. The molecular formula is C14H15N7O2. The molecule has 3 aromatic rings. The van der Waals surface area contributed by atoms with E-state index in [4.69, 9.17) is 4.74 Å². The largest absolute Gasteiger partial charge is 0.381 e. The lowest BCUT2D eigenvalue weighted by Crippen LogP contribution is -2.13. The van der Waals surface area contributed by atoms with Gasteiger partial charge in [-0.3, -0.25) is 9.48 Å². The van der Waals surface area contributed by atoms with E-state index in [0.29, 0.717) is 23.8 Å². The van der Waals surface area contributed by atoms with Crippen molar-refractivity contribution in [1.82, 2.24) is 29.6 Å². The molecule has 23 heavy (non-hydrogen) atoms. The van der Waals surface area contributed by atoms with E-state index in [1.54, 1.807) is 33.7 Å². The molecule has 0 spiro atoms. The Morgan fingerprint density at radius 3 is 3.30 bits per heavy atom. The van der Waals surface area contributed by atoms with E-state index in [1.807, 2.05) is 0 Å². The van der Waals surface area contributed by atoms with Crippen LogP contribution in [-0.4, -0.2) is 48.7 Å². The summed E-state index contributed by atoms with van der Waals surface area (Å²) in [6, 6.07) is 3.55. The van der Waals surface area contributed by atoms with Gasteiger partial charge in [0.2, 0.25) is 0 Å². The number of hydrogen-bond donors (Lipinski definition) is 1. The lowest BCUT2D eigenvalue weighted by atomic mass is 10.1. The van der Waals surface area contributed by atoms with Crippen molar-refractivity contribution in [2.75, 3.05) is 18.5 Å². The van der Waals surface area contributed by atoms with Crippen LogP contribution in [0.3, 0.4) is 0 Å². The second-order valence-corrected chi connectivity index (χ2v) is 5.46. The first kappa shape index (κ1) is 13.8. The van der Waals surface area contributed by atoms with Gasteiger partial charge >= 0.3 is 0 Å². The summed E-state index contributed by atoms with van der Waals surface area (Å²) < 4.78 is 8.62. The standard InChI is InChI=1S/C14H15N7O2/c22-14(17-11-2-1-4-21-13(11)15-9-16-21)12-7-20(19-18-12)6-10-3-5-23-8-10/h1-2,4,7,9-10H,3,5-6,8H2,(H,17,22). The average Bonchev–Trinajstić information content (AvgIpc) is 3.29. The van der Waals surface area contributed by atoms with Crippen LogP contribution in [0.1, 0.15) is 16.9 Å².